The molecule has 0 bridgehead atoms. The number of hydrogen-bond donors (Lipinski definition) is 1. The van der Waals surface area contributed by atoms with Gasteiger partial charge in [-0.05, 0) is 60.4 Å². The SMILES string of the molecule is Cc1cccc(C2/C(=C(\O)c3ccc(Cl)cc3)C(=O)C(=O)N2c2nc3ccc(C(C)C)cc3s2)c1. The Labute approximate surface area is 212 Å². The summed E-state index contributed by atoms with van der Waals surface area (Å²) < 4.78 is 0.939. The van der Waals surface area contributed by atoms with E-state index < -0.39 is 17.7 Å². The first-order valence-corrected chi connectivity index (χ1v) is 12.5. The highest BCUT2D eigenvalue weighted by Crippen LogP contribution is 2.44. The summed E-state index contributed by atoms with van der Waals surface area (Å²) in [6.07, 6.45) is 0. The highest BCUT2D eigenvalue weighted by atomic mass is 35.5. The van der Waals surface area contributed by atoms with Crippen molar-refractivity contribution in [1.29, 1.82) is 0 Å². The van der Waals surface area contributed by atoms with E-state index in [-0.39, 0.29) is 11.3 Å². The van der Waals surface area contributed by atoms with Crippen LogP contribution in [0, 0.1) is 6.92 Å². The number of carbonyl (C=O) groups is 2. The van der Waals surface area contributed by atoms with Crippen LogP contribution in [0.1, 0.15) is 48.1 Å². The molecule has 1 saturated heterocycles. The van der Waals surface area contributed by atoms with Crippen LogP contribution in [0.15, 0.2) is 72.3 Å². The van der Waals surface area contributed by atoms with Crippen molar-refractivity contribution in [3.63, 3.8) is 0 Å². The van der Waals surface area contributed by atoms with Crippen molar-refractivity contribution in [2.45, 2.75) is 32.7 Å². The molecular weight excluding hydrogens is 480 g/mol. The number of nitrogens with zero attached hydrogens (tertiary/aromatic N) is 2. The Kier molecular flexibility index (Phi) is 5.95. The standard InChI is InChI=1S/C28H23ClN2O3S/c1-15(2)18-9-12-21-22(14-18)35-28(30-21)31-24(19-6-4-5-16(3)13-19)23(26(33)27(31)34)25(32)17-7-10-20(29)11-8-17/h4-15,24,32H,1-3H3/b25-23+. The van der Waals surface area contributed by atoms with Crippen LogP contribution in [0.25, 0.3) is 16.0 Å². The van der Waals surface area contributed by atoms with Gasteiger partial charge < -0.3 is 5.11 Å². The summed E-state index contributed by atoms with van der Waals surface area (Å²) in [5.74, 6) is -1.34. The maximum atomic E-state index is 13.4. The topological polar surface area (TPSA) is 70.5 Å². The number of anilines is 1. The number of thiazole rings is 1. The van der Waals surface area contributed by atoms with Gasteiger partial charge in [-0.3, -0.25) is 14.5 Å². The largest absolute Gasteiger partial charge is 0.507 e. The van der Waals surface area contributed by atoms with Crippen LogP contribution in [0.2, 0.25) is 5.02 Å². The molecule has 0 saturated carbocycles. The van der Waals surface area contributed by atoms with Gasteiger partial charge in [-0.15, -0.1) is 0 Å². The smallest absolute Gasteiger partial charge is 0.301 e. The van der Waals surface area contributed by atoms with E-state index >= 15 is 0 Å². The van der Waals surface area contributed by atoms with E-state index in [9.17, 15) is 14.7 Å². The van der Waals surface area contributed by atoms with Crippen molar-refractivity contribution in [3.8, 4) is 0 Å². The van der Waals surface area contributed by atoms with Gasteiger partial charge in [0.25, 0.3) is 5.78 Å². The predicted molar refractivity (Wildman–Crippen MR) is 141 cm³/mol. The van der Waals surface area contributed by atoms with Crippen LogP contribution >= 0.6 is 22.9 Å². The van der Waals surface area contributed by atoms with Crippen LogP contribution in [0.3, 0.4) is 0 Å². The molecule has 176 valence electrons. The Bertz CT molecular complexity index is 1500. The molecule has 1 amide bonds. The number of aromatic nitrogens is 1. The lowest BCUT2D eigenvalue weighted by atomic mass is 9.94. The number of rotatable bonds is 4. The number of aliphatic hydroxyl groups is 1. The molecule has 0 aliphatic carbocycles. The Morgan fingerprint density at radius 1 is 1.06 bits per heavy atom. The second-order valence-electron chi connectivity index (χ2n) is 8.97. The molecule has 1 aromatic heterocycles. The number of carbonyl (C=O) groups excluding carboxylic acids is 2. The minimum absolute atomic E-state index is 0.0325. The van der Waals surface area contributed by atoms with Crippen LogP contribution in [-0.4, -0.2) is 21.8 Å². The zero-order chi connectivity index (χ0) is 24.9. The maximum absolute atomic E-state index is 13.4. The normalized spacial score (nSPS) is 17.6. The second-order valence-corrected chi connectivity index (χ2v) is 10.4. The molecular formula is C28H23ClN2O3S. The molecule has 7 heteroatoms. The second kappa shape index (κ2) is 8.95. The zero-order valence-electron chi connectivity index (χ0n) is 19.4. The molecule has 35 heavy (non-hydrogen) atoms. The highest BCUT2D eigenvalue weighted by molar-refractivity contribution is 7.22. The molecule has 1 aliphatic rings. The summed E-state index contributed by atoms with van der Waals surface area (Å²) in [6, 6.07) is 19.4. The van der Waals surface area contributed by atoms with E-state index in [1.165, 1.54) is 21.8 Å². The summed E-state index contributed by atoms with van der Waals surface area (Å²) in [5, 5.41) is 12.2. The number of amides is 1. The minimum Gasteiger partial charge on any atom is -0.507 e. The average Bonchev–Trinajstić information content (AvgIpc) is 3.37. The summed E-state index contributed by atoms with van der Waals surface area (Å²) in [5.41, 5.74) is 4.08. The van der Waals surface area contributed by atoms with Crippen LogP contribution in [0.4, 0.5) is 5.13 Å². The molecule has 4 aromatic rings. The molecule has 1 aliphatic heterocycles. The first kappa shape index (κ1) is 23.3. The van der Waals surface area contributed by atoms with Crippen molar-refractivity contribution in [3.05, 3.63) is 99.6 Å². The fourth-order valence-corrected chi connectivity index (χ4v) is 5.51. The van der Waals surface area contributed by atoms with Crippen LogP contribution < -0.4 is 4.90 Å². The number of aliphatic hydroxyl groups excluding tert-OH is 1. The molecule has 3 aromatic carbocycles. The van der Waals surface area contributed by atoms with Crippen molar-refractivity contribution in [2.24, 2.45) is 0 Å². The van der Waals surface area contributed by atoms with Gasteiger partial charge in [0, 0.05) is 10.6 Å². The first-order valence-electron chi connectivity index (χ1n) is 11.3. The van der Waals surface area contributed by atoms with E-state index in [4.69, 9.17) is 16.6 Å². The van der Waals surface area contributed by atoms with Crippen molar-refractivity contribution in [2.75, 3.05) is 4.90 Å². The van der Waals surface area contributed by atoms with Crippen LogP contribution in [0.5, 0.6) is 0 Å². The summed E-state index contributed by atoms with van der Waals surface area (Å²) in [4.78, 5) is 32.9. The Hall–Kier alpha value is -3.48. The number of benzene rings is 3. The van der Waals surface area contributed by atoms with Crippen LogP contribution in [-0.2, 0) is 9.59 Å². The van der Waals surface area contributed by atoms with Crippen molar-refractivity contribution >= 4 is 55.7 Å². The predicted octanol–water partition coefficient (Wildman–Crippen LogP) is 7.01. The third kappa shape index (κ3) is 4.13. The quantitative estimate of drug-likeness (QED) is 0.185. The molecule has 0 radical (unpaired) electrons. The average molecular weight is 503 g/mol. The number of ketones is 1. The molecule has 1 unspecified atom stereocenters. The maximum Gasteiger partial charge on any atom is 0.301 e. The number of Topliss-reactive ketones (excluding diaryl/α,β-unsaturated/α-hetero) is 1. The van der Waals surface area contributed by atoms with E-state index in [2.05, 4.69) is 19.9 Å². The molecule has 1 fully saturated rings. The third-order valence-corrected chi connectivity index (χ3v) is 7.46. The number of hydrogen-bond acceptors (Lipinski definition) is 5. The van der Waals surface area contributed by atoms with Gasteiger partial charge >= 0.3 is 5.91 Å². The fourth-order valence-electron chi connectivity index (χ4n) is 4.34. The summed E-state index contributed by atoms with van der Waals surface area (Å²) >= 11 is 7.37. The van der Waals surface area contributed by atoms with Gasteiger partial charge in [0.2, 0.25) is 0 Å². The van der Waals surface area contributed by atoms with Gasteiger partial charge in [0.05, 0.1) is 21.8 Å². The molecule has 0 spiro atoms. The summed E-state index contributed by atoms with van der Waals surface area (Å²) in [7, 11) is 0. The van der Waals surface area contributed by atoms with Gasteiger partial charge in [0.15, 0.2) is 5.13 Å². The van der Waals surface area contributed by atoms with E-state index in [1.54, 1.807) is 24.3 Å². The number of fused-ring (bicyclic) bond motifs is 1. The molecule has 1 atom stereocenters. The number of halogens is 1. The summed E-state index contributed by atoms with van der Waals surface area (Å²) in [6.45, 7) is 6.19. The van der Waals surface area contributed by atoms with E-state index in [1.807, 2.05) is 43.3 Å². The lowest BCUT2D eigenvalue weighted by molar-refractivity contribution is -0.132. The first-order chi connectivity index (χ1) is 16.7. The highest BCUT2D eigenvalue weighted by Gasteiger charge is 2.48. The van der Waals surface area contributed by atoms with E-state index in [0.29, 0.717) is 21.6 Å². The molecule has 5 nitrogen and oxygen atoms in total. The van der Waals surface area contributed by atoms with E-state index in [0.717, 1.165) is 21.3 Å². The fraction of sp³-hybridized carbons (Fsp3) is 0.179. The van der Waals surface area contributed by atoms with Crippen molar-refractivity contribution in [1.82, 2.24) is 4.98 Å². The lowest BCUT2D eigenvalue weighted by Gasteiger charge is -2.23. The van der Waals surface area contributed by atoms with Gasteiger partial charge in [-0.2, -0.15) is 0 Å². The van der Waals surface area contributed by atoms with Gasteiger partial charge in [-0.1, -0.05) is 72.7 Å². The Morgan fingerprint density at radius 3 is 2.49 bits per heavy atom. The molecule has 5 rings (SSSR count). The van der Waals surface area contributed by atoms with Gasteiger partial charge in [-0.25, -0.2) is 4.98 Å². The third-order valence-electron chi connectivity index (χ3n) is 6.19. The van der Waals surface area contributed by atoms with Crippen molar-refractivity contribution < 1.29 is 14.7 Å². The molecule has 2 heterocycles. The lowest BCUT2D eigenvalue weighted by Crippen LogP contribution is -2.29. The minimum atomic E-state index is -0.810. The number of aryl methyl sites for hydroxylation is 1. The van der Waals surface area contributed by atoms with Gasteiger partial charge in [0.1, 0.15) is 5.76 Å². The zero-order valence-corrected chi connectivity index (χ0v) is 21.0. The molecule has 1 N–H and O–H groups in total. The Balaban J connectivity index is 1.71. The monoisotopic (exact) mass is 502 g/mol. The Morgan fingerprint density at radius 2 is 1.80 bits per heavy atom.